The molecule has 1 aromatic rings. The third-order valence-corrected chi connectivity index (χ3v) is 3.87. The first-order valence-electron chi connectivity index (χ1n) is 5.87. The molecular formula is C13H17NO2S. The van der Waals surface area contributed by atoms with Crippen LogP contribution in [0.4, 0.5) is 0 Å². The average Bonchev–Trinajstić information content (AvgIpc) is 2.77. The molecule has 2 N–H and O–H groups in total. The molecule has 1 aromatic heterocycles. The molecule has 1 aliphatic heterocycles. The first kappa shape index (κ1) is 12.6. The zero-order chi connectivity index (χ0) is 12.1. The summed E-state index contributed by atoms with van der Waals surface area (Å²) in [7, 11) is 0. The summed E-state index contributed by atoms with van der Waals surface area (Å²) in [6.45, 7) is 2.79. The Morgan fingerprint density at radius 3 is 2.82 bits per heavy atom. The number of hydrogen-bond acceptors (Lipinski definition) is 4. The quantitative estimate of drug-likeness (QED) is 0.772. The van der Waals surface area contributed by atoms with Crippen LogP contribution in [0.5, 0.6) is 0 Å². The molecule has 2 rings (SSSR count). The van der Waals surface area contributed by atoms with Gasteiger partial charge in [0.05, 0.1) is 11.0 Å². The zero-order valence-electron chi connectivity index (χ0n) is 9.72. The van der Waals surface area contributed by atoms with Gasteiger partial charge in [-0.25, -0.2) is 0 Å². The minimum atomic E-state index is -0.111. The van der Waals surface area contributed by atoms with Crippen molar-refractivity contribution < 1.29 is 10.2 Å². The van der Waals surface area contributed by atoms with E-state index in [1.54, 1.807) is 11.3 Å². The molecule has 0 saturated carbocycles. The van der Waals surface area contributed by atoms with E-state index in [4.69, 9.17) is 5.11 Å². The van der Waals surface area contributed by atoms with Crippen molar-refractivity contribution in [1.29, 1.82) is 0 Å². The SMILES string of the molecule is OCC#Cc1ccc(CN2CCC(O)CC2)s1. The fourth-order valence-electron chi connectivity index (χ4n) is 1.95. The number of likely N-dealkylation sites (tertiary alicyclic amines) is 1. The Kier molecular flexibility index (Phi) is 4.57. The highest BCUT2D eigenvalue weighted by molar-refractivity contribution is 7.12. The zero-order valence-corrected chi connectivity index (χ0v) is 10.5. The summed E-state index contributed by atoms with van der Waals surface area (Å²) in [5.41, 5.74) is 0. The van der Waals surface area contributed by atoms with E-state index < -0.39 is 0 Å². The number of aliphatic hydroxyl groups excluding tert-OH is 2. The molecule has 3 nitrogen and oxygen atoms in total. The second kappa shape index (κ2) is 6.18. The molecule has 0 spiro atoms. The second-order valence-electron chi connectivity index (χ2n) is 4.23. The van der Waals surface area contributed by atoms with E-state index in [0.717, 1.165) is 37.4 Å². The summed E-state index contributed by atoms with van der Waals surface area (Å²) in [4.78, 5) is 4.66. The molecule has 4 heteroatoms. The van der Waals surface area contributed by atoms with Gasteiger partial charge in [-0.15, -0.1) is 11.3 Å². The number of thiophene rings is 1. The first-order chi connectivity index (χ1) is 8.28. The standard InChI is InChI=1S/C13H17NO2S/c15-9-1-2-12-3-4-13(17-12)10-14-7-5-11(16)6-8-14/h3-4,11,15-16H,5-10H2. The largest absolute Gasteiger partial charge is 0.393 e. The van der Waals surface area contributed by atoms with Crippen molar-refractivity contribution >= 4 is 11.3 Å². The van der Waals surface area contributed by atoms with Crippen molar-refractivity contribution in [3.05, 3.63) is 21.9 Å². The monoisotopic (exact) mass is 251 g/mol. The minimum Gasteiger partial charge on any atom is -0.393 e. The van der Waals surface area contributed by atoms with Gasteiger partial charge in [-0.1, -0.05) is 11.8 Å². The van der Waals surface area contributed by atoms with Crippen molar-refractivity contribution in [2.75, 3.05) is 19.7 Å². The van der Waals surface area contributed by atoms with E-state index >= 15 is 0 Å². The van der Waals surface area contributed by atoms with Crippen molar-refractivity contribution in [2.24, 2.45) is 0 Å². The summed E-state index contributed by atoms with van der Waals surface area (Å²) in [6.07, 6.45) is 1.64. The first-order valence-corrected chi connectivity index (χ1v) is 6.68. The van der Waals surface area contributed by atoms with Crippen LogP contribution in [0.2, 0.25) is 0 Å². The van der Waals surface area contributed by atoms with Gasteiger partial charge in [0.25, 0.3) is 0 Å². The maximum Gasteiger partial charge on any atom is 0.104 e. The van der Waals surface area contributed by atoms with Gasteiger partial charge in [0.15, 0.2) is 0 Å². The highest BCUT2D eigenvalue weighted by Gasteiger charge is 2.17. The lowest BCUT2D eigenvalue weighted by Crippen LogP contribution is -2.35. The van der Waals surface area contributed by atoms with Crippen LogP contribution in [-0.4, -0.2) is 40.9 Å². The predicted molar refractivity (Wildman–Crippen MR) is 68.8 cm³/mol. The van der Waals surface area contributed by atoms with Crippen LogP contribution in [-0.2, 0) is 6.54 Å². The Balaban J connectivity index is 1.88. The molecule has 0 radical (unpaired) electrons. The topological polar surface area (TPSA) is 43.7 Å². The average molecular weight is 251 g/mol. The lowest BCUT2D eigenvalue weighted by Gasteiger charge is -2.28. The van der Waals surface area contributed by atoms with Crippen LogP contribution in [0, 0.1) is 11.8 Å². The Morgan fingerprint density at radius 2 is 2.12 bits per heavy atom. The van der Waals surface area contributed by atoms with Crippen LogP contribution in [0.15, 0.2) is 12.1 Å². The lowest BCUT2D eigenvalue weighted by atomic mass is 10.1. The molecule has 0 aromatic carbocycles. The molecule has 0 amide bonds. The number of aliphatic hydroxyl groups is 2. The van der Waals surface area contributed by atoms with Gasteiger partial charge in [-0.3, -0.25) is 4.90 Å². The van der Waals surface area contributed by atoms with Gasteiger partial charge in [0.1, 0.15) is 6.61 Å². The van der Waals surface area contributed by atoms with Gasteiger partial charge in [0.2, 0.25) is 0 Å². The van der Waals surface area contributed by atoms with Crippen LogP contribution in [0.3, 0.4) is 0 Å². The van der Waals surface area contributed by atoms with Gasteiger partial charge in [-0.2, -0.15) is 0 Å². The number of piperidine rings is 1. The van der Waals surface area contributed by atoms with Gasteiger partial charge in [-0.05, 0) is 25.0 Å². The van der Waals surface area contributed by atoms with Crippen LogP contribution >= 0.6 is 11.3 Å². The molecular weight excluding hydrogens is 234 g/mol. The van der Waals surface area contributed by atoms with Crippen LogP contribution in [0.25, 0.3) is 0 Å². The molecule has 1 fully saturated rings. The maximum atomic E-state index is 9.43. The van der Waals surface area contributed by atoms with E-state index in [0.29, 0.717) is 0 Å². The third-order valence-electron chi connectivity index (χ3n) is 2.89. The minimum absolute atomic E-state index is 0.0861. The van der Waals surface area contributed by atoms with Gasteiger partial charge in [0, 0.05) is 24.5 Å². The molecule has 92 valence electrons. The molecule has 0 aliphatic carbocycles. The fourth-order valence-corrected chi connectivity index (χ4v) is 2.88. The van der Waals surface area contributed by atoms with E-state index in [1.807, 2.05) is 6.07 Å². The lowest BCUT2D eigenvalue weighted by molar-refractivity contribution is 0.0797. The van der Waals surface area contributed by atoms with Gasteiger partial charge >= 0.3 is 0 Å². The Bertz CT molecular complexity index is 411. The van der Waals surface area contributed by atoms with E-state index in [2.05, 4.69) is 22.8 Å². The molecule has 1 aliphatic rings. The highest BCUT2D eigenvalue weighted by Crippen LogP contribution is 2.19. The van der Waals surface area contributed by atoms with Gasteiger partial charge < -0.3 is 10.2 Å². The maximum absolute atomic E-state index is 9.43. The van der Waals surface area contributed by atoms with E-state index in [1.165, 1.54) is 4.88 Å². The summed E-state index contributed by atoms with van der Waals surface area (Å²) < 4.78 is 0. The molecule has 1 saturated heterocycles. The molecule has 2 heterocycles. The molecule has 0 atom stereocenters. The molecule has 0 unspecified atom stereocenters. The second-order valence-corrected chi connectivity index (χ2v) is 5.40. The third kappa shape index (κ3) is 3.83. The van der Waals surface area contributed by atoms with Crippen LogP contribution < -0.4 is 0 Å². The summed E-state index contributed by atoms with van der Waals surface area (Å²) in [5.74, 6) is 5.58. The Hall–Kier alpha value is -0.860. The summed E-state index contributed by atoms with van der Waals surface area (Å²) in [6, 6.07) is 4.10. The normalized spacial score (nSPS) is 17.8. The number of nitrogens with zero attached hydrogens (tertiary/aromatic N) is 1. The fraction of sp³-hybridized carbons (Fsp3) is 0.538. The Morgan fingerprint density at radius 1 is 1.35 bits per heavy atom. The summed E-state index contributed by atoms with van der Waals surface area (Å²) in [5, 5.41) is 18.0. The van der Waals surface area contributed by atoms with Crippen molar-refractivity contribution in [3.63, 3.8) is 0 Å². The summed E-state index contributed by atoms with van der Waals surface area (Å²) >= 11 is 1.68. The number of rotatable bonds is 2. The predicted octanol–water partition coefficient (Wildman–Crippen LogP) is 1.05. The van der Waals surface area contributed by atoms with Crippen LogP contribution in [0.1, 0.15) is 22.6 Å². The van der Waals surface area contributed by atoms with E-state index in [-0.39, 0.29) is 12.7 Å². The van der Waals surface area contributed by atoms with Crippen molar-refractivity contribution in [1.82, 2.24) is 4.90 Å². The van der Waals surface area contributed by atoms with E-state index in [9.17, 15) is 5.11 Å². The molecule has 0 bridgehead atoms. The highest BCUT2D eigenvalue weighted by atomic mass is 32.1. The number of hydrogen-bond donors (Lipinski definition) is 2. The molecule has 17 heavy (non-hydrogen) atoms. The Labute approximate surface area is 106 Å². The smallest absolute Gasteiger partial charge is 0.104 e. The van der Waals surface area contributed by atoms with Crippen molar-refractivity contribution in [3.8, 4) is 11.8 Å². The van der Waals surface area contributed by atoms with Crippen molar-refractivity contribution in [2.45, 2.75) is 25.5 Å².